The third-order valence-corrected chi connectivity index (χ3v) is 7.62. The summed E-state index contributed by atoms with van der Waals surface area (Å²) in [6.07, 6.45) is 4.87. The van der Waals surface area contributed by atoms with E-state index in [1.807, 2.05) is 36.4 Å². The normalized spacial score (nSPS) is 27.3. The van der Waals surface area contributed by atoms with Gasteiger partial charge in [0.2, 0.25) is 0 Å². The number of morpholine rings is 1. The molecule has 1 aliphatic carbocycles. The molecule has 2 aliphatic rings. The highest BCUT2D eigenvalue weighted by Gasteiger charge is 2.38. The van der Waals surface area contributed by atoms with Crippen molar-refractivity contribution in [2.24, 2.45) is 5.92 Å². The predicted molar refractivity (Wildman–Crippen MR) is 136 cm³/mol. The van der Waals surface area contributed by atoms with E-state index in [0.29, 0.717) is 37.1 Å². The Hall–Kier alpha value is -2.94. The van der Waals surface area contributed by atoms with E-state index in [9.17, 15) is 9.90 Å². The Labute approximate surface area is 205 Å². The molecule has 186 valence electrons. The number of H-pyrrole nitrogens is 1. The van der Waals surface area contributed by atoms with Gasteiger partial charge in [-0.05, 0) is 56.7 Å². The lowest BCUT2D eigenvalue weighted by Gasteiger charge is -2.39. The van der Waals surface area contributed by atoms with Crippen molar-refractivity contribution in [2.75, 3.05) is 32.0 Å². The van der Waals surface area contributed by atoms with E-state index in [1.165, 1.54) is 0 Å². The van der Waals surface area contributed by atoms with Crippen molar-refractivity contribution in [3.8, 4) is 0 Å². The topological polar surface area (TPSA) is 116 Å². The molecule has 8 heteroatoms. The minimum Gasteiger partial charge on any atom is -0.390 e. The Bertz CT molecular complexity index is 1130. The highest BCUT2D eigenvalue weighted by molar-refractivity contribution is 5.97. The number of amides is 1. The number of nitrogen functional groups attached to an aromatic ring is 1. The quantitative estimate of drug-likeness (QED) is 0.415. The molecule has 0 spiro atoms. The zero-order chi connectivity index (χ0) is 24.4. The van der Waals surface area contributed by atoms with Crippen molar-refractivity contribution in [3.05, 3.63) is 59.9 Å². The number of para-hydroxylation sites is 1. The van der Waals surface area contributed by atoms with Crippen LogP contribution in [0.25, 0.3) is 10.9 Å². The molecule has 4 atom stereocenters. The molecule has 3 heterocycles. The number of aliphatic hydroxyl groups is 1. The van der Waals surface area contributed by atoms with E-state index in [0.717, 1.165) is 48.8 Å². The summed E-state index contributed by atoms with van der Waals surface area (Å²) in [5.41, 5.74) is 7.59. The number of hydrogen-bond donors (Lipinski definition) is 4. The monoisotopic (exact) mass is 477 g/mol. The van der Waals surface area contributed by atoms with Gasteiger partial charge >= 0.3 is 0 Å². The van der Waals surface area contributed by atoms with Crippen LogP contribution in [0.1, 0.15) is 54.8 Å². The molecule has 1 aliphatic heterocycles. The van der Waals surface area contributed by atoms with Gasteiger partial charge in [0.05, 0.1) is 18.3 Å². The number of benzene rings is 1. The number of nitrogens with two attached hydrogens (primary N) is 1. The first-order valence-electron chi connectivity index (χ1n) is 12.5. The van der Waals surface area contributed by atoms with Gasteiger partial charge in [0.1, 0.15) is 11.5 Å². The van der Waals surface area contributed by atoms with E-state index in [-0.39, 0.29) is 17.9 Å². The van der Waals surface area contributed by atoms with Gasteiger partial charge in [-0.25, -0.2) is 4.98 Å². The number of fused-ring (bicyclic) bond motifs is 1. The number of hydrogen-bond acceptors (Lipinski definition) is 6. The molecule has 1 amide bonds. The van der Waals surface area contributed by atoms with Gasteiger partial charge in [0, 0.05) is 48.3 Å². The van der Waals surface area contributed by atoms with Crippen molar-refractivity contribution in [3.63, 3.8) is 0 Å². The number of rotatable bonds is 7. The largest absolute Gasteiger partial charge is 0.390 e. The van der Waals surface area contributed by atoms with Gasteiger partial charge in [0.25, 0.3) is 5.91 Å². The van der Waals surface area contributed by atoms with Crippen molar-refractivity contribution in [2.45, 2.75) is 50.4 Å². The van der Waals surface area contributed by atoms with Crippen LogP contribution in [0.4, 0.5) is 5.82 Å². The van der Waals surface area contributed by atoms with Crippen LogP contribution in [0.2, 0.25) is 0 Å². The molecular weight excluding hydrogens is 442 g/mol. The third-order valence-electron chi connectivity index (χ3n) is 7.62. The molecule has 1 saturated heterocycles. The minimum absolute atomic E-state index is 0.0369. The van der Waals surface area contributed by atoms with Crippen molar-refractivity contribution >= 4 is 22.6 Å². The van der Waals surface area contributed by atoms with E-state index < -0.39 is 5.60 Å². The molecule has 35 heavy (non-hydrogen) atoms. The number of ether oxygens (including phenoxy) is 1. The Morgan fingerprint density at radius 1 is 1.34 bits per heavy atom. The van der Waals surface area contributed by atoms with E-state index >= 15 is 0 Å². The number of aromatic nitrogens is 2. The zero-order valence-corrected chi connectivity index (χ0v) is 20.2. The number of carbonyl (C=O) groups excluding carboxylic acids is 1. The summed E-state index contributed by atoms with van der Waals surface area (Å²) in [4.78, 5) is 22.4. The van der Waals surface area contributed by atoms with Gasteiger partial charge in [-0.1, -0.05) is 24.3 Å². The second-order valence-electron chi connectivity index (χ2n) is 10.2. The van der Waals surface area contributed by atoms with Gasteiger partial charge in [0.15, 0.2) is 0 Å². The highest BCUT2D eigenvalue weighted by Crippen LogP contribution is 2.37. The molecule has 0 unspecified atom stereocenters. The second kappa shape index (κ2) is 9.97. The number of pyridine rings is 1. The number of nitrogens with one attached hydrogen (secondary N) is 2. The summed E-state index contributed by atoms with van der Waals surface area (Å²) in [6.45, 7) is 4.98. The van der Waals surface area contributed by atoms with Crippen LogP contribution in [0.3, 0.4) is 0 Å². The summed E-state index contributed by atoms with van der Waals surface area (Å²) in [5.74, 6) is 0.691. The molecule has 2 aromatic heterocycles. The molecule has 2 fully saturated rings. The summed E-state index contributed by atoms with van der Waals surface area (Å²) >= 11 is 0. The second-order valence-corrected chi connectivity index (χ2v) is 10.2. The summed E-state index contributed by atoms with van der Waals surface area (Å²) < 4.78 is 6.04. The molecule has 5 rings (SSSR count). The fourth-order valence-corrected chi connectivity index (χ4v) is 5.42. The number of nitrogens with zero attached hydrogens (tertiary/aromatic N) is 2. The Balaban J connectivity index is 1.11. The van der Waals surface area contributed by atoms with E-state index in [2.05, 4.69) is 27.1 Å². The van der Waals surface area contributed by atoms with Crippen molar-refractivity contribution in [1.82, 2.24) is 20.2 Å². The number of carbonyl (C=O) groups is 1. The van der Waals surface area contributed by atoms with Crippen LogP contribution in [-0.4, -0.2) is 63.8 Å². The first-order chi connectivity index (χ1) is 16.9. The molecule has 1 aromatic carbocycles. The Morgan fingerprint density at radius 3 is 3.00 bits per heavy atom. The van der Waals surface area contributed by atoms with Crippen LogP contribution in [0.5, 0.6) is 0 Å². The lowest BCUT2D eigenvalue weighted by molar-refractivity contribution is -0.0693. The maximum absolute atomic E-state index is 12.6. The third kappa shape index (κ3) is 5.50. The lowest BCUT2D eigenvalue weighted by Crippen LogP contribution is -2.47. The van der Waals surface area contributed by atoms with Gasteiger partial charge < -0.3 is 25.9 Å². The molecule has 5 N–H and O–H groups in total. The first kappa shape index (κ1) is 23.8. The molecule has 0 radical (unpaired) electrons. The smallest absolute Gasteiger partial charge is 0.267 e. The Kier molecular flexibility index (Phi) is 6.77. The maximum atomic E-state index is 12.6. The zero-order valence-electron chi connectivity index (χ0n) is 20.2. The SMILES string of the molecule is C[C@H]1CO[C@@H](c2ccc(N)nc2)CN1CC[C@@]1(O)CC[C@H](CNC(=O)c2cc3ccccc3[nH]2)C1. The lowest BCUT2D eigenvalue weighted by atomic mass is 9.95. The van der Waals surface area contributed by atoms with Gasteiger partial charge in [-0.3, -0.25) is 9.69 Å². The fourth-order valence-electron chi connectivity index (χ4n) is 5.42. The minimum atomic E-state index is -0.688. The molecular formula is C27H35N5O3. The summed E-state index contributed by atoms with van der Waals surface area (Å²) in [6, 6.07) is 13.8. The molecule has 8 nitrogen and oxygen atoms in total. The standard InChI is InChI=1S/C27H35N5O3/c1-18-17-35-24(21-6-7-25(28)29-15-21)16-32(18)11-10-27(34)9-8-19(13-27)14-30-26(33)23-12-20-4-2-3-5-22(20)31-23/h2-7,12,15,18-19,24,31,34H,8-11,13-14,16-17H2,1H3,(H2,28,29)(H,30,33)/t18-,19-,24+,27-/m0/s1. The van der Waals surface area contributed by atoms with E-state index in [4.69, 9.17) is 10.5 Å². The molecule has 1 saturated carbocycles. The van der Waals surface area contributed by atoms with Gasteiger partial charge in [-0.2, -0.15) is 0 Å². The average Bonchev–Trinajstić information content (AvgIpc) is 3.47. The van der Waals surface area contributed by atoms with Crippen LogP contribution >= 0.6 is 0 Å². The average molecular weight is 478 g/mol. The van der Waals surface area contributed by atoms with Crippen LogP contribution in [0.15, 0.2) is 48.7 Å². The molecule has 0 bridgehead atoms. The predicted octanol–water partition coefficient (Wildman–Crippen LogP) is 3.26. The first-order valence-corrected chi connectivity index (χ1v) is 12.5. The summed E-state index contributed by atoms with van der Waals surface area (Å²) in [7, 11) is 0. The van der Waals surface area contributed by atoms with Crippen LogP contribution in [0, 0.1) is 5.92 Å². The van der Waals surface area contributed by atoms with Gasteiger partial charge in [-0.15, -0.1) is 0 Å². The fraction of sp³-hybridized carbons (Fsp3) is 0.481. The summed E-state index contributed by atoms with van der Waals surface area (Å²) in [5, 5.41) is 15.4. The van der Waals surface area contributed by atoms with Crippen LogP contribution in [-0.2, 0) is 4.74 Å². The van der Waals surface area contributed by atoms with E-state index in [1.54, 1.807) is 12.3 Å². The van der Waals surface area contributed by atoms with Crippen LogP contribution < -0.4 is 11.1 Å². The Morgan fingerprint density at radius 2 is 2.20 bits per heavy atom. The number of anilines is 1. The maximum Gasteiger partial charge on any atom is 0.267 e. The van der Waals surface area contributed by atoms with Crippen molar-refractivity contribution < 1.29 is 14.6 Å². The number of aromatic amines is 1. The van der Waals surface area contributed by atoms with Crippen molar-refractivity contribution in [1.29, 1.82) is 0 Å². The highest BCUT2D eigenvalue weighted by atomic mass is 16.5. The molecule has 3 aromatic rings.